The Hall–Kier alpha value is -1.41. The summed E-state index contributed by atoms with van der Waals surface area (Å²) in [5, 5.41) is 12.1. The molecular formula is C17H21NO. The van der Waals surface area contributed by atoms with Gasteiger partial charge in [-0.15, -0.1) is 0 Å². The third-order valence-electron chi connectivity index (χ3n) is 4.59. The van der Waals surface area contributed by atoms with Gasteiger partial charge in [0.1, 0.15) is 0 Å². The zero-order valence-corrected chi connectivity index (χ0v) is 11.7. The molecule has 100 valence electrons. The van der Waals surface area contributed by atoms with Gasteiger partial charge in [0.15, 0.2) is 0 Å². The summed E-state index contributed by atoms with van der Waals surface area (Å²) in [5.74, 6) is 0.331. The highest BCUT2D eigenvalue weighted by atomic mass is 16.3. The Labute approximate surface area is 114 Å². The van der Waals surface area contributed by atoms with Gasteiger partial charge in [0.05, 0.1) is 11.1 Å². The third kappa shape index (κ3) is 2.14. The second-order valence-electron chi connectivity index (χ2n) is 5.93. The van der Waals surface area contributed by atoms with E-state index in [-0.39, 0.29) is 0 Å². The molecule has 2 atom stereocenters. The van der Waals surface area contributed by atoms with Crippen molar-refractivity contribution < 1.29 is 5.11 Å². The SMILES string of the molecule is Cc1ccc2cc(C3(O)CCCCC3C)ccc2n1. The molecule has 1 aliphatic rings. The molecule has 0 aliphatic heterocycles. The van der Waals surface area contributed by atoms with Gasteiger partial charge < -0.3 is 5.11 Å². The minimum atomic E-state index is -0.655. The van der Waals surface area contributed by atoms with Gasteiger partial charge in [-0.3, -0.25) is 4.98 Å². The molecule has 1 aromatic heterocycles. The van der Waals surface area contributed by atoms with Crippen LogP contribution in [0.15, 0.2) is 30.3 Å². The van der Waals surface area contributed by atoms with E-state index in [9.17, 15) is 5.11 Å². The lowest BCUT2D eigenvalue weighted by molar-refractivity contribution is -0.0468. The number of benzene rings is 1. The number of rotatable bonds is 1. The first kappa shape index (κ1) is 12.6. The van der Waals surface area contributed by atoms with Crippen LogP contribution in [-0.2, 0) is 5.60 Å². The molecule has 0 bridgehead atoms. The standard InChI is InChI=1S/C17H21NO/c1-12-5-3-4-10-17(12,19)15-8-9-16-14(11-15)7-6-13(2)18-16/h6-9,11-12,19H,3-5,10H2,1-2H3. The molecule has 0 saturated heterocycles. The van der Waals surface area contributed by atoms with Crippen molar-refractivity contribution in [2.45, 2.75) is 45.1 Å². The van der Waals surface area contributed by atoms with Crippen LogP contribution in [0.2, 0.25) is 0 Å². The van der Waals surface area contributed by atoms with Crippen LogP contribution in [-0.4, -0.2) is 10.1 Å². The summed E-state index contributed by atoms with van der Waals surface area (Å²) in [6, 6.07) is 10.3. The summed E-state index contributed by atoms with van der Waals surface area (Å²) in [5.41, 5.74) is 2.44. The number of hydrogen-bond acceptors (Lipinski definition) is 2. The predicted molar refractivity (Wildman–Crippen MR) is 78.0 cm³/mol. The molecule has 2 nitrogen and oxygen atoms in total. The molecular weight excluding hydrogens is 234 g/mol. The van der Waals surface area contributed by atoms with Crippen molar-refractivity contribution in [2.24, 2.45) is 5.92 Å². The van der Waals surface area contributed by atoms with E-state index in [1.807, 2.05) is 19.1 Å². The summed E-state index contributed by atoms with van der Waals surface area (Å²) in [7, 11) is 0. The van der Waals surface area contributed by atoms with Crippen LogP contribution in [0.25, 0.3) is 10.9 Å². The number of aliphatic hydroxyl groups is 1. The zero-order chi connectivity index (χ0) is 13.5. The third-order valence-corrected chi connectivity index (χ3v) is 4.59. The summed E-state index contributed by atoms with van der Waals surface area (Å²) < 4.78 is 0. The largest absolute Gasteiger partial charge is 0.385 e. The Morgan fingerprint density at radius 3 is 2.84 bits per heavy atom. The molecule has 19 heavy (non-hydrogen) atoms. The van der Waals surface area contributed by atoms with E-state index in [1.165, 1.54) is 6.42 Å². The fraction of sp³-hybridized carbons (Fsp3) is 0.471. The van der Waals surface area contributed by atoms with Crippen molar-refractivity contribution in [3.63, 3.8) is 0 Å². The minimum absolute atomic E-state index is 0.331. The normalized spacial score (nSPS) is 27.6. The Morgan fingerprint density at radius 2 is 2.05 bits per heavy atom. The van der Waals surface area contributed by atoms with Crippen LogP contribution in [0.1, 0.15) is 43.9 Å². The minimum Gasteiger partial charge on any atom is -0.385 e. The fourth-order valence-corrected chi connectivity index (χ4v) is 3.26. The van der Waals surface area contributed by atoms with E-state index in [0.717, 1.165) is 41.4 Å². The fourth-order valence-electron chi connectivity index (χ4n) is 3.26. The first-order valence-corrected chi connectivity index (χ1v) is 7.20. The summed E-state index contributed by atoms with van der Waals surface area (Å²) in [6.45, 7) is 4.17. The first-order chi connectivity index (χ1) is 9.09. The first-order valence-electron chi connectivity index (χ1n) is 7.20. The second kappa shape index (κ2) is 4.61. The lowest BCUT2D eigenvalue weighted by Crippen LogP contribution is -2.36. The van der Waals surface area contributed by atoms with Crippen molar-refractivity contribution in [2.75, 3.05) is 0 Å². The summed E-state index contributed by atoms with van der Waals surface area (Å²) in [6.07, 6.45) is 4.34. The van der Waals surface area contributed by atoms with Crippen molar-refractivity contribution in [1.82, 2.24) is 4.98 Å². The lowest BCUT2D eigenvalue weighted by atomic mass is 9.72. The van der Waals surface area contributed by atoms with Gasteiger partial charge >= 0.3 is 0 Å². The number of pyridine rings is 1. The maximum absolute atomic E-state index is 11.0. The van der Waals surface area contributed by atoms with Crippen molar-refractivity contribution >= 4 is 10.9 Å². The van der Waals surface area contributed by atoms with Crippen LogP contribution in [0.4, 0.5) is 0 Å². The Balaban J connectivity index is 2.07. The number of fused-ring (bicyclic) bond motifs is 1. The molecule has 1 aromatic carbocycles. The van der Waals surface area contributed by atoms with Crippen molar-refractivity contribution in [3.8, 4) is 0 Å². The molecule has 0 radical (unpaired) electrons. The molecule has 1 N–H and O–H groups in total. The summed E-state index contributed by atoms with van der Waals surface area (Å²) >= 11 is 0. The van der Waals surface area contributed by atoms with Crippen LogP contribution < -0.4 is 0 Å². The van der Waals surface area contributed by atoms with Gasteiger partial charge in [-0.2, -0.15) is 0 Å². The molecule has 1 fully saturated rings. The molecule has 0 spiro atoms. The number of aryl methyl sites for hydroxylation is 1. The quantitative estimate of drug-likeness (QED) is 0.837. The van der Waals surface area contributed by atoms with Gasteiger partial charge in [0.25, 0.3) is 0 Å². The maximum Gasteiger partial charge on any atom is 0.0922 e. The van der Waals surface area contributed by atoms with E-state index in [4.69, 9.17) is 0 Å². The van der Waals surface area contributed by atoms with E-state index in [1.54, 1.807) is 0 Å². The molecule has 2 unspecified atom stereocenters. The molecule has 0 amide bonds. The Kier molecular flexibility index (Phi) is 3.06. The smallest absolute Gasteiger partial charge is 0.0922 e. The van der Waals surface area contributed by atoms with Gasteiger partial charge in [-0.05, 0) is 49.4 Å². The monoisotopic (exact) mass is 255 g/mol. The molecule has 1 heterocycles. The van der Waals surface area contributed by atoms with Gasteiger partial charge in [0.2, 0.25) is 0 Å². The average Bonchev–Trinajstić information content (AvgIpc) is 2.41. The molecule has 3 rings (SSSR count). The van der Waals surface area contributed by atoms with Gasteiger partial charge in [0, 0.05) is 11.1 Å². The number of hydrogen-bond donors (Lipinski definition) is 1. The zero-order valence-electron chi connectivity index (χ0n) is 11.7. The van der Waals surface area contributed by atoms with Crippen LogP contribution >= 0.6 is 0 Å². The van der Waals surface area contributed by atoms with Crippen LogP contribution in [0, 0.1) is 12.8 Å². The van der Waals surface area contributed by atoms with Crippen molar-refractivity contribution in [3.05, 3.63) is 41.6 Å². The predicted octanol–water partition coefficient (Wildman–Crippen LogP) is 3.94. The molecule has 1 aliphatic carbocycles. The number of nitrogens with zero attached hydrogens (tertiary/aromatic N) is 1. The van der Waals surface area contributed by atoms with E-state index < -0.39 is 5.60 Å². The lowest BCUT2D eigenvalue weighted by Gasteiger charge is -2.38. The Bertz CT molecular complexity index is 607. The van der Waals surface area contributed by atoms with Gasteiger partial charge in [-0.25, -0.2) is 0 Å². The topological polar surface area (TPSA) is 33.1 Å². The van der Waals surface area contributed by atoms with E-state index in [2.05, 4.69) is 30.1 Å². The van der Waals surface area contributed by atoms with Crippen LogP contribution in [0.3, 0.4) is 0 Å². The molecule has 1 saturated carbocycles. The average molecular weight is 255 g/mol. The highest BCUT2D eigenvalue weighted by molar-refractivity contribution is 5.79. The highest BCUT2D eigenvalue weighted by Crippen LogP contribution is 2.41. The van der Waals surface area contributed by atoms with Gasteiger partial charge in [-0.1, -0.05) is 31.9 Å². The molecule has 2 aromatic rings. The molecule has 2 heteroatoms. The second-order valence-corrected chi connectivity index (χ2v) is 5.93. The Morgan fingerprint density at radius 1 is 1.21 bits per heavy atom. The van der Waals surface area contributed by atoms with E-state index >= 15 is 0 Å². The van der Waals surface area contributed by atoms with Crippen molar-refractivity contribution in [1.29, 1.82) is 0 Å². The number of aromatic nitrogens is 1. The highest BCUT2D eigenvalue weighted by Gasteiger charge is 2.37. The van der Waals surface area contributed by atoms with E-state index in [0.29, 0.717) is 5.92 Å². The van der Waals surface area contributed by atoms with Crippen LogP contribution in [0.5, 0.6) is 0 Å². The summed E-state index contributed by atoms with van der Waals surface area (Å²) in [4.78, 5) is 4.52. The maximum atomic E-state index is 11.0.